The SMILES string of the molecule is O=C1[C@@H]2[C@@H](C(=O)N1N1CCCCC1)[C@@H]1C=C[C@@H]2C1. The maximum absolute atomic E-state index is 12.5. The molecule has 2 heterocycles. The lowest BCUT2D eigenvalue weighted by Crippen LogP contribution is -2.49. The van der Waals surface area contributed by atoms with Gasteiger partial charge in [-0.25, -0.2) is 10.0 Å². The van der Waals surface area contributed by atoms with Crippen LogP contribution < -0.4 is 0 Å². The van der Waals surface area contributed by atoms with Gasteiger partial charge >= 0.3 is 0 Å². The molecule has 4 rings (SSSR count). The second-order valence-electron chi connectivity index (χ2n) is 6.00. The molecule has 2 saturated heterocycles. The van der Waals surface area contributed by atoms with Crippen molar-refractivity contribution in [1.29, 1.82) is 0 Å². The largest absolute Gasteiger partial charge is 0.273 e. The summed E-state index contributed by atoms with van der Waals surface area (Å²) >= 11 is 0. The number of hydrogen-bond acceptors (Lipinski definition) is 3. The Morgan fingerprint density at radius 2 is 1.44 bits per heavy atom. The molecular formula is C14H18N2O2. The molecule has 4 heteroatoms. The summed E-state index contributed by atoms with van der Waals surface area (Å²) in [6.07, 6.45) is 8.72. The molecular weight excluding hydrogens is 228 g/mol. The summed E-state index contributed by atoms with van der Waals surface area (Å²) in [5.41, 5.74) is 0. The fourth-order valence-electron chi connectivity index (χ4n) is 4.24. The Morgan fingerprint density at radius 1 is 0.889 bits per heavy atom. The van der Waals surface area contributed by atoms with Crippen molar-refractivity contribution in [3.63, 3.8) is 0 Å². The highest BCUT2D eigenvalue weighted by Crippen LogP contribution is 2.52. The molecule has 96 valence electrons. The predicted octanol–water partition coefficient (Wildman–Crippen LogP) is 1.19. The Morgan fingerprint density at radius 3 is 2.00 bits per heavy atom. The van der Waals surface area contributed by atoms with Crippen molar-refractivity contribution in [2.24, 2.45) is 23.7 Å². The lowest BCUT2D eigenvalue weighted by atomic mass is 9.85. The summed E-state index contributed by atoms with van der Waals surface area (Å²) in [6.45, 7) is 1.72. The summed E-state index contributed by atoms with van der Waals surface area (Å²) in [5.74, 6) is 0.703. The lowest BCUT2D eigenvalue weighted by Gasteiger charge is -2.33. The zero-order valence-electron chi connectivity index (χ0n) is 10.4. The molecule has 4 nitrogen and oxygen atoms in total. The van der Waals surface area contributed by atoms with Crippen LogP contribution in [-0.4, -0.2) is 34.9 Å². The topological polar surface area (TPSA) is 40.6 Å². The molecule has 2 bridgehead atoms. The number of amides is 2. The van der Waals surface area contributed by atoms with Crippen LogP contribution in [0, 0.1) is 23.7 Å². The molecule has 0 aromatic rings. The molecule has 2 aliphatic heterocycles. The van der Waals surface area contributed by atoms with E-state index in [1.807, 2.05) is 5.01 Å². The molecule has 2 amide bonds. The number of fused-ring (bicyclic) bond motifs is 5. The summed E-state index contributed by atoms with van der Waals surface area (Å²) in [4.78, 5) is 25.0. The number of carbonyl (C=O) groups is 2. The van der Waals surface area contributed by atoms with E-state index in [-0.39, 0.29) is 23.7 Å². The zero-order chi connectivity index (χ0) is 12.3. The van der Waals surface area contributed by atoms with Crippen molar-refractivity contribution in [2.75, 3.05) is 13.1 Å². The summed E-state index contributed by atoms with van der Waals surface area (Å²) in [5, 5.41) is 3.49. The van der Waals surface area contributed by atoms with Crippen molar-refractivity contribution in [3.8, 4) is 0 Å². The van der Waals surface area contributed by atoms with E-state index >= 15 is 0 Å². The van der Waals surface area contributed by atoms with E-state index in [1.54, 1.807) is 0 Å². The Hall–Kier alpha value is -1.16. The van der Waals surface area contributed by atoms with Gasteiger partial charge in [0, 0.05) is 13.1 Å². The van der Waals surface area contributed by atoms with Crippen molar-refractivity contribution < 1.29 is 9.59 Å². The predicted molar refractivity (Wildman–Crippen MR) is 65.0 cm³/mol. The molecule has 0 radical (unpaired) electrons. The fraction of sp³-hybridized carbons (Fsp3) is 0.714. The molecule has 4 atom stereocenters. The second kappa shape index (κ2) is 3.67. The van der Waals surface area contributed by atoms with Gasteiger partial charge < -0.3 is 0 Å². The highest BCUT2D eigenvalue weighted by Gasteiger charge is 2.60. The maximum atomic E-state index is 12.5. The first-order chi connectivity index (χ1) is 8.77. The molecule has 0 N–H and O–H groups in total. The normalized spacial score (nSPS) is 43.0. The first kappa shape index (κ1) is 10.7. The molecule has 0 aromatic carbocycles. The second-order valence-corrected chi connectivity index (χ2v) is 6.00. The van der Waals surface area contributed by atoms with Gasteiger partial charge in [-0.2, -0.15) is 0 Å². The molecule has 0 aromatic heterocycles. The van der Waals surface area contributed by atoms with E-state index < -0.39 is 0 Å². The molecule has 2 aliphatic carbocycles. The van der Waals surface area contributed by atoms with Crippen LogP contribution in [0.5, 0.6) is 0 Å². The van der Waals surface area contributed by atoms with Gasteiger partial charge in [-0.1, -0.05) is 18.6 Å². The summed E-state index contributed by atoms with van der Waals surface area (Å²) < 4.78 is 0. The third-order valence-corrected chi connectivity index (χ3v) is 5.06. The Bertz CT molecular complexity index is 409. The Balaban J connectivity index is 1.63. The number of hydrogen-bond donors (Lipinski definition) is 0. The van der Waals surface area contributed by atoms with Crippen molar-refractivity contribution in [1.82, 2.24) is 10.0 Å². The average molecular weight is 246 g/mol. The smallest absolute Gasteiger partial charge is 0.248 e. The standard InChI is InChI=1S/C14H18N2O2/c17-13-11-9-4-5-10(8-9)12(11)14(18)16(13)15-6-2-1-3-7-15/h4-5,9-12H,1-3,6-8H2/t9-,10-,11+,12+/m1/s1. The van der Waals surface area contributed by atoms with Crippen LogP contribution in [0.2, 0.25) is 0 Å². The van der Waals surface area contributed by atoms with Gasteiger partial charge in [0.15, 0.2) is 0 Å². The third-order valence-electron chi connectivity index (χ3n) is 5.06. The number of nitrogens with zero attached hydrogens (tertiary/aromatic N) is 2. The molecule has 0 unspecified atom stereocenters. The molecule has 4 aliphatic rings. The minimum absolute atomic E-state index is 0.0468. The maximum Gasteiger partial charge on any atom is 0.248 e. The zero-order valence-corrected chi connectivity index (χ0v) is 10.4. The average Bonchev–Trinajstić information content (AvgIpc) is 3.05. The molecule has 18 heavy (non-hydrogen) atoms. The van der Waals surface area contributed by atoms with Crippen molar-refractivity contribution in [3.05, 3.63) is 12.2 Å². The molecule has 1 saturated carbocycles. The van der Waals surface area contributed by atoms with Gasteiger partial charge in [-0.15, -0.1) is 0 Å². The van der Waals surface area contributed by atoms with Crippen LogP contribution in [0.4, 0.5) is 0 Å². The third kappa shape index (κ3) is 1.24. The van der Waals surface area contributed by atoms with Gasteiger partial charge in [0.2, 0.25) is 11.8 Å². The number of imide groups is 1. The summed E-state index contributed by atoms with van der Waals surface area (Å²) in [7, 11) is 0. The first-order valence-corrected chi connectivity index (χ1v) is 7.08. The molecule has 3 fully saturated rings. The fourth-order valence-corrected chi connectivity index (χ4v) is 4.24. The van der Waals surface area contributed by atoms with E-state index in [4.69, 9.17) is 0 Å². The Labute approximate surface area is 107 Å². The van der Waals surface area contributed by atoms with Crippen LogP contribution in [0.3, 0.4) is 0 Å². The number of allylic oxidation sites excluding steroid dienone is 2. The number of carbonyl (C=O) groups excluding carboxylic acids is 2. The summed E-state index contributed by atoms with van der Waals surface area (Å²) in [6, 6.07) is 0. The quantitative estimate of drug-likeness (QED) is 0.515. The van der Waals surface area contributed by atoms with E-state index in [0.717, 1.165) is 32.4 Å². The van der Waals surface area contributed by atoms with Gasteiger partial charge in [-0.05, 0) is 31.1 Å². The van der Waals surface area contributed by atoms with Crippen LogP contribution in [0.25, 0.3) is 0 Å². The van der Waals surface area contributed by atoms with Crippen LogP contribution >= 0.6 is 0 Å². The van der Waals surface area contributed by atoms with Gasteiger partial charge in [0.25, 0.3) is 0 Å². The van der Waals surface area contributed by atoms with Crippen molar-refractivity contribution >= 4 is 11.8 Å². The van der Waals surface area contributed by atoms with E-state index in [2.05, 4.69) is 12.2 Å². The lowest BCUT2D eigenvalue weighted by molar-refractivity contribution is -0.161. The highest BCUT2D eigenvalue weighted by molar-refractivity contribution is 6.05. The van der Waals surface area contributed by atoms with E-state index in [1.165, 1.54) is 11.4 Å². The number of piperidine rings is 1. The van der Waals surface area contributed by atoms with Gasteiger partial charge in [0.1, 0.15) is 0 Å². The van der Waals surface area contributed by atoms with Crippen LogP contribution in [0.15, 0.2) is 12.2 Å². The minimum Gasteiger partial charge on any atom is -0.273 e. The molecule has 0 spiro atoms. The monoisotopic (exact) mass is 246 g/mol. The first-order valence-electron chi connectivity index (χ1n) is 7.08. The Kier molecular flexibility index (Phi) is 2.19. The van der Waals surface area contributed by atoms with Crippen LogP contribution in [-0.2, 0) is 9.59 Å². The van der Waals surface area contributed by atoms with Gasteiger partial charge in [-0.3, -0.25) is 9.59 Å². The van der Waals surface area contributed by atoms with Crippen molar-refractivity contribution in [2.45, 2.75) is 25.7 Å². The van der Waals surface area contributed by atoms with Gasteiger partial charge in [0.05, 0.1) is 11.8 Å². The van der Waals surface area contributed by atoms with E-state index in [0.29, 0.717) is 11.8 Å². The highest BCUT2D eigenvalue weighted by atomic mass is 16.2. The van der Waals surface area contributed by atoms with E-state index in [9.17, 15) is 9.59 Å². The number of rotatable bonds is 1. The van der Waals surface area contributed by atoms with Crippen LogP contribution in [0.1, 0.15) is 25.7 Å². The minimum atomic E-state index is -0.0468. The number of hydrazine groups is 1.